The number of carbonyl (C=O) groups is 1. The van der Waals surface area contributed by atoms with Gasteiger partial charge in [-0.05, 0) is 19.1 Å². The lowest BCUT2D eigenvalue weighted by Gasteiger charge is -2.18. The Hall–Kier alpha value is -1.29. The van der Waals surface area contributed by atoms with Crippen molar-refractivity contribution in [2.24, 2.45) is 0 Å². The van der Waals surface area contributed by atoms with Gasteiger partial charge < -0.3 is 14.6 Å². The number of fused-ring (bicyclic) bond motifs is 1. The van der Waals surface area contributed by atoms with Crippen molar-refractivity contribution < 1.29 is 9.53 Å². The van der Waals surface area contributed by atoms with E-state index in [1.54, 1.807) is 0 Å². The molecule has 2 heterocycles. The summed E-state index contributed by atoms with van der Waals surface area (Å²) in [6.07, 6.45) is 0. The summed E-state index contributed by atoms with van der Waals surface area (Å²) in [5, 5.41) is 3.25. The monoisotopic (exact) mass is 194 g/mol. The molecule has 0 aromatic carbocycles. The van der Waals surface area contributed by atoms with Crippen LogP contribution in [-0.2, 0) is 17.8 Å². The van der Waals surface area contributed by atoms with Crippen LogP contribution in [0.4, 0.5) is 0 Å². The highest BCUT2D eigenvalue weighted by Gasteiger charge is 2.17. The molecule has 1 aromatic heterocycles. The fraction of sp³-hybridized carbons (Fsp3) is 0.500. The Morgan fingerprint density at radius 3 is 3.29 bits per heavy atom. The number of hydrogen-bond acceptors (Lipinski definition) is 3. The lowest BCUT2D eigenvalue weighted by molar-refractivity contribution is 0.0512. The molecule has 0 atom stereocenters. The van der Waals surface area contributed by atoms with E-state index < -0.39 is 0 Å². The number of rotatable bonds is 2. The first-order valence-corrected chi connectivity index (χ1v) is 4.89. The maximum absolute atomic E-state index is 11.5. The average molecular weight is 194 g/mol. The van der Waals surface area contributed by atoms with Crippen LogP contribution in [0.2, 0.25) is 0 Å². The van der Waals surface area contributed by atoms with Gasteiger partial charge in [-0.15, -0.1) is 0 Å². The van der Waals surface area contributed by atoms with Gasteiger partial charge in [-0.25, -0.2) is 4.79 Å². The maximum atomic E-state index is 11.5. The molecule has 1 aromatic rings. The zero-order valence-electron chi connectivity index (χ0n) is 8.25. The molecule has 0 bridgehead atoms. The van der Waals surface area contributed by atoms with E-state index in [2.05, 4.69) is 5.32 Å². The number of nitrogens with one attached hydrogen (secondary N) is 1. The number of ether oxygens (including phenoxy) is 1. The average Bonchev–Trinajstić information content (AvgIpc) is 2.61. The third-order valence-corrected chi connectivity index (χ3v) is 2.37. The van der Waals surface area contributed by atoms with Gasteiger partial charge in [-0.2, -0.15) is 0 Å². The van der Waals surface area contributed by atoms with Crippen LogP contribution in [0.25, 0.3) is 0 Å². The van der Waals surface area contributed by atoms with E-state index >= 15 is 0 Å². The van der Waals surface area contributed by atoms with E-state index in [0.717, 1.165) is 25.3 Å². The molecule has 0 amide bonds. The Morgan fingerprint density at radius 1 is 1.64 bits per heavy atom. The minimum atomic E-state index is -0.222. The molecule has 0 unspecified atom stereocenters. The van der Waals surface area contributed by atoms with Gasteiger partial charge in [0.25, 0.3) is 0 Å². The Kier molecular flexibility index (Phi) is 2.54. The molecule has 76 valence electrons. The van der Waals surface area contributed by atoms with Crippen molar-refractivity contribution in [3.8, 4) is 0 Å². The fourth-order valence-corrected chi connectivity index (χ4v) is 1.72. The summed E-state index contributed by atoms with van der Waals surface area (Å²) in [4.78, 5) is 11.5. The van der Waals surface area contributed by atoms with Crippen molar-refractivity contribution in [3.05, 3.63) is 23.5 Å². The molecule has 0 saturated heterocycles. The lowest BCUT2D eigenvalue weighted by atomic mass is 10.3. The second kappa shape index (κ2) is 3.84. The highest BCUT2D eigenvalue weighted by Crippen LogP contribution is 2.13. The van der Waals surface area contributed by atoms with Crippen LogP contribution in [0.3, 0.4) is 0 Å². The molecule has 2 rings (SSSR count). The molecule has 0 spiro atoms. The molecule has 14 heavy (non-hydrogen) atoms. The third kappa shape index (κ3) is 1.53. The van der Waals surface area contributed by atoms with Gasteiger partial charge in [0, 0.05) is 25.3 Å². The van der Waals surface area contributed by atoms with Gasteiger partial charge in [0.15, 0.2) is 0 Å². The molecule has 0 fully saturated rings. The highest BCUT2D eigenvalue weighted by atomic mass is 16.5. The minimum absolute atomic E-state index is 0.222. The molecule has 4 heteroatoms. The predicted molar refractivity (Wildman–Crippen MR) is 52.1 cm³/mol. The van der Waals surface area contributed by atoms with E-state index in [1.165, 1.54) is 0 Å². The van der Waals surface area contributed by atoms with Crippen LogP contribution in [0.1, 0.15) is 23.1 Å². The Morgan fingerprint density at radius 2 is 2.50 bits per heavy atom. The smallest absolute Gasteiger partial charge is 0.354 e. The Labute approximate surface area is 82.9 Å². The first kappa shape index (κ1) is 9.27. The fourth-order valence-electron chi connectivity index (χ4n) is 1.72. The van der Waals surface area contributed by atoms with Gasteiger partial charge in [0.1, 0.15) is 5.69 Å². The van der Waals surface area contributed by atoms with Crippen molar-refractivity contribution in [2.75, 3.05) is 13.2 Å². The molecular weight excluding hydrogens is 180 g/mol. The summed E-state index contributed by atoms with van der Waals surface area (Å²) in [7, 11) is 0. The normalized spacial score (nSPS) is 14.9. The van der Waals surface area contributed by atoms with Crippen molar-refractivity contribution in [1.82, 2.24) is 9.88 Å². The second-order valence-corrected chi connectivity index (χ2v) is 3.26. The summed E-state index contributed by atoms with van der Waals surface area (Å²) in [5.74, 6) is -0.222. The highest BCUT2D eigenvalue weighted by molar-refractivity contribution is 5.88. The summed E-state index contributed by atoms with van der Waals surface area (Å²) in [6.45, 7) is 4.83. The molecule has 0 radical (unpaired) electrons. The van der Waals surface area contributed by atoms with Crippen molar-refractivity contribution >= 4 is 5.97 Å². The first-order chi connectivity index (χ1) is 6.83. The van der Waals surface area contributed by atoms with Gasteiger partial charge in [0.2, 0.25) is 0 Å². The van der Waals surface area contributed by atoms with Gasteiger partial charge in [-0.3, -0.25) is 0 Å². The Bertz CT molecular complexity index is 344. The maximum Gasteiger partial charge on any atom is 0.354 e. The number of esters is 1. The van der Waals surface area contributed by atoms with Gasteiger partial charge >= 0.3 is 5.97 Å². The van der Waals surface area contributed by atoms with Crippen molar-refractivity contribution in [2.45, 2.75) is 20.0 Å². The topological polar surface area (TPSA) is 43.3 Å². The Balaban J connectivity index is 2.25. The lowest BCUT2D eigenvalue weighted by Crippen LogP contribution is -2.29. The van der Waals surface area contributed by atoms with E-state index in [9.17, 15) is 4.79 Å². The number of aromatic nitrogens is 1. The standard InChI is InChI=1S/C10H14N2O2/c1-2-14-10(13)9-4-3-8-7-11-5-6-12(8)9/h3-4,11H,2,5-7H2,1H3. The number of nitrogens with zero attached hydrogens (tertiary/aromatic N) is 1. The van der Waals surface area contributed by atoms with E-state index in [4.69, 9.17) is 4.74 Å². The second-order valence-electron chi connectivity index (χ2n) is 3.26. The zero-order valence-corrected chi connectivity index (χ0v) is 8.25. The summed E-state index contributed by atoms with van der Waals surface area (Å²) >= 11 is 0. The molecular formula is C10H14N2O2. The number of carbonyl (C=O) groups excluding carboxylic acids is 1. The summed E-state index contributed by atoms with van der Waals surface area (Å²) < 4.78 is 6.99. The van der Waals surface area contributed by atoms with Crippen LogP contribution in [0, 0.1) is 0 Å². The van der Waals surface area contributed by atoms with Crippen LogP contribution < -0.4 is 5.32 Å². The SMILES string of the molecule is CCOC(=O)c1ccc2n1CCNC2. The largest absolute Gasteiger partial charge is 0.461 e. The minimum Gasteiger partial charge on any atom is -0.461 e. The van der Waals surface area contributed by atoms with E-state index in [1.807, 2.05) is 23.6 Å². The van der Waals surface area contributed by atoms with E-state index in [0.29, 0.717) is 12.3 Å². The van der Waals surface area contributed by atoms with E-state index in [-0.39, 0.29) is 5.97 Å². The van der Waals surface area contributed by atoms with Crippen LogP contribution >= 0.6 is 0 Å². The van der Waals surface area contributed by atoms with Crippen molar-refractivity contribution in [1.29, 1.82) is 0 Å². The molecule has 0 aliphatic carbocycles. The molecule has 1 N–H and O–H groups in total. The van der Waals surface area contributed by atoms with Gasteiger partial charge in [0.05, 0.1) is 6.61 Å². The number of hydrogen-bond donors (Lipinski definition) is 1. The van der Waals surface area contributed by atoms with Crippen LogP contribution in [-0.4, -0.2) is 23.7 Å². The predicted octanol–water partition coefficient (Wildman–Crippen LogP) is 0.768. The van der Waals surface area contributed by atoms with Gasteiger partial charge in [-0.1, -0.05) is 0 Å². The molecule has 0 saturated carbocycles. The molecule has 4 nitrogen and oxygen atoms in total. The van der Waals surface area contributed by atoms with Crippen LogP contribution in [0.5, 0.6) is 0 Å². The third-order valence-electron chi connectivity index (χ3n) is 2.37. The first-order valence-electron chi connectivity index (χ1n) is 4.89. The summed E-state index contributed by atoms with van der Waals surface area (Å²) in [6, 6.07) is 3.80. The molecule has 1 aliphatic rings. The van der Waals surface area contributed by atoms with Crippen LogP contribution in [0.15, 0.2) is 12.1 Å². The quantitative estimate of drug-likeness (QED) is 0.707. The zero-order chi connectivity index (χ0) is 9.97. The summed E-state index contributed by atoms with van der Waals surface area (Å²) in [5.41, 5.74) is 1.82. The molecule has 1 aliphatic heterocycles. The van der Waals surface area contributed by atoms with Crippen molar-refractivity contribution in [3.63, 3.8) is 0 Å².